The molecule has 4 rings (SSSR count). The summed E-state index contributed by atoms with van der Waals surface area (Å²) in [7, 11) is 0. The van der Waals surface area contributed by atoms with Crippen molar-refractivity contribution < 1.29 is 23.5 Å². The van der Waals surface area contributed by atoms with Crippen LogP contribution in [0.5, 0.6) is 11.5 Å². The molecule has 0 atom stereocenters. The summed E-state index contributed by atoms with van der Waals surface area (Å²) in [4.78, 5) is 24.6. The highest BCUT2D eigenvalue weighted by Crippen LogP contribution is 2.42. The minimum Gasteiger partial charge on any atom is -0.486 e. The van der Waals surface area contributed by atoms with Gasteiger partial charge < -0.3 is 19.2 Å². The first-order chi connectivity index (χ1) is 14.1. The second-order valence-corrected chi connectivity index (χ2v) is 7.93. The maximum Gasteiger partial charge on any atom is 0.257 e. The lowest BCUT2D eigenvalue weighted by Crippen LogP contribution is -2.43. The van der Waals surface area contributed by atoms with Gasteiger partial charge in [0.15, 0.2) is 12.4 Å². The fraction of sp³-hybridized carbons (Fsp3) is 0.478. The predicted molar refractivity (Wildman–Crippen MR) is 107 cm³/mol. The fourth-order valence-electron chi connectivity index (χ4n) is 4.18. The molecule has 1 aromatic heterocycles. The van der Waals surface area contributed by atoms with E-state index < -0.39 is 0 Å². The van der Waals surface area contributed by atoms with E-state index in [0.29, 0.717) is 30.0 Å². The number of amides is 1. The van der Waals surface area contributed by atoms with Crippen LogP contribution in [0.4, 0.5) is 0 Å². The molecule has 1 saturated carbocycles. The van der Waals surface area contributed by atoms with Gasteiger partial charge in [-0.3, -0.25) is 9.59 Å². The first-order valence-electron chi connectivity index (χ1n) is 10.4. The van der Waals surface area contributed by atoms with Crippen LogP contribution in [0.25, 0.3) is 0 Å². The topological polar surface area (TPSA) is 77.8 Å². The number of nitrogens with one attached hydrogen (secondary N) is 1. The van der Waals surface area contributed by atoms with Crippen molar-refractivity contribution in [2.45, 2.75) is 57.0 Å². The summed E-state index contributed by atoms with van der Waals surface area (Å²) in [5, 5.41) is 2.84. The Morgan fingerprint density at radius 1 is 1.17 bits per heavy atom. The van der Waals surface area contributed by atoms with Crippen molar-refractivity contribution in [3.05, 3.63) is 47.9 Å². The minimum atomic E-state index is -0.355. The van der Waals surface area contributed by atoms with Gasteiger partial charge in [-0.2, -0.15) is 0 Å². The maximum absolute atomic E-state index is 12.6. The smallest absolute Gasteiger partial charge is 0.257 e. The van der Waals surface area contributed by atoms with Crippen LogP contribution in [0, 0.1) is 0 Å². The van der Waals surface area contributed by atoms with Gasteiger partial charge in [0, 0.05) is 19.0 Å². The van der Waals surface area contributed by atoms with E-state index in [1.807, 2.05) is 12.1 Å². The Bertz CT molecular complexity index is 852. The van der Waals surface area contributed by atoms with E-state index >= 15 is 0 Å². The SMILES string of the molecule is O=C(COc1ccc2c(c1)OC1(CCCCC1)CC2=O)NCCCc1ccco1. The number of fused-ring (bicyclic) bond motifs is 1. The summed E-state index contributed by atoms with van der Waals surface area (Å²) in [5.41, 5.74) is 0.253. The lowest BCUT2D eigenvalue weighted by molar-refractivity contribution is -0.123. The number of carbonyl (C=O) groups is 2. The average Bonchev–Trinajstić information content (AvgIpc) is 3.23. The summed E-state index contributed by atoms with van der Waals surface area (Å²) < 4.78 is 17.2. The molecule has 1 N–H and O–H groups in total. The number of carbonyl (C=O) groups excluding carboxylic acids is 2. The second-order valence-electron chi connectivity index (χ2n) is 7.93. The summed E-state index contributed by atoms with van der Waals surface area (Å²) in [6, 6.07) is 8.99. The van der Waals surface area contributed by atoms with Crippen molar-refractivity contribution >= 4 is 11.7 Å². The number of benzene rings is 1. The van der Waals surface area contributed by atoms with Gasteiger partial charge in [-0.05, 0) is 56.4 Å². The normalized spacial score (nSPS) is 17.4. The van der Waals surface area contributed by atoms with Gasteiger partial charge in [-0.1, -0.05) is 6.42 Å². The van der Waals surface area contributed by atoms with Gasteiger partial charge in [0.05, 0.1) is 18.2 Å². The highest BCUT2D eigenvalue weighted by atomic mass is 16.5. The van der Waals surface area contributed by atoms with Gasteiger partial charge >= 0.3 is 0 Å². The van der Waals surface area contributed by atoms with Crippen LogP contribution in [0.3, 0.4) is 0 Å². The summed E-state index contributed by atoms with van der Waals surface area (Å²) >= 11 is 0. The van der Waals surface area contributed by atoms with Crippen molar-refractivity contribution in [1.82, 2.24) is 5.32 Å². The van der Waals surface area contributed by atoms with E-state index in [4.69, 9.17) is 13.9 Å². The number of hydrogen-bond donors (Lipinski definition) is 1. The molecule has 1 fully saturated rings. The molecule has 2 aliphatic rings. The highest BCUT2D eigenvalue weighted by Gasteiger charge is 2.41. The Labute approximate surface area is 170 Å². The lowest BCUT2D eigenvalue weighted by atomic mass is 9.78. The number of aryl methyl sites for hydroxylation is 1. The fourth-order valence-corrected chi connectivity index (χ4v) is 4.18. The Morgan fingerprint density at radius 3 is 2.83 bits per heavy atom. The summed E-state index contributed by atoms with van der Waals surface area (Å²) in [6.07, 6.45) is 8.92. The van der Waals surface area contributed by atoms with Gasteiger partial charge in [0.25, 0.3) is 5.91 Å². The van der Waals surface area contributed by atoms with Gasteiger partial charge in [0.2, 0.25) is 0 Å². The number of ether oxygens (including phenoxy) is 2. The Morgan fingerprint density at radius 2 is 2.03 bits per heavy atom. The van der Waals surface area contributed by atoms with E-state index in [2.05, 4.69) is 5.32 Å². The first kappa shape index (κ1) is 19.6. The zero-order valence-electron chi connectivity index (χ0n) is 16.6. The van der Waals surface area contributed by atoms with Crippen LogP contribution >= 0.6 is 0 Å². The Kier molecular flexibility index (Phi) is 5.88. The van der Waals surface area contributed by atoms with Crippen LogP contribution in [0.1, 0.15) is 61.1 Å². The van der Waals surface area contributed by atoms with Gasteiger partial charge in [-0.25, -0.2) is 0 Å². The van der Waals surface area contributed by atoms with E-state index in [9.17, 15) is 9.59 Å². The summed E-state index contributed by atoms with van der Waals surface area (Å²) in [5.74, 6) is 1.99. The molecular formula is C23H27NO5. The van der Waals surface area contributed by atoms with Crippen LogP contribution in [-0.4, -0.2) is 30.4 Å². The van der Waals surface area contributed by atoms with Gasteiger partial charge in [-0.15, -0.1) is 0 Å². The van der Waals surface area contributed by atoms with Crippen molar-refractivity contribution in [3.8, 4) is 11.5 Å². The molecule has 1 spiro atoms. The van der Waals surface area contributed by atoms with Gasteiger partial charge in [0.1, 0.15) is 22.9 Å². The average molecular weight is 397 g/mol. The number of ketones is 1. The molecular weight excluding hydrogens is 370 g/mol. The molecule has 1 aliphatic heterocycles. The third-order valence-electron chi connectivity index (χ3n) is 5.70. The van der Waals surface area contributed by atoms with E-state index in [1.165, 1.54) is 6.42 Å². The molecule has 0 saturated heterocycles. The lowest BCUT2D eigenvalue weighted by Gasteiger charge is -2.40. The number of furan rings is 1. The van der Waals surface area contributed by atoms with E-state index in [1.54, 1.807) is 24.5 Å². The third-order valence-corrected chi connectivity index (χ3v) is 5.70. The maximum atomic E-state index is 12.6. The monoisotopic (exact) mass is 397 g/mol. The molecule has 29 heavy (non-hydrogen) atoms. The van der Waals surface area contributed by atoms with Crippen LogP contribution < -0.4 is 14.8 Å². The Hall–Kier alpha value is -2.76. The first-order valence-corrected chi connectivity index (χ1v) is 10.4. The molecule has 1 aliphatic carbocycles. The van der Waals surface area contributed by atoms with Crippen LogP contribution in [0.2, 0.25) is 0 Å². The Balaban J connectivity index is 1.28. The number of hydrogen-bond acceptors (Lipinski definition) is 5. The molecule has 0 radical (unpaired) electrons. The quantitative estimate of drug-likeness (QED) is 0.713. The third kappa shape index (κ3) is 4.81. The standard InChI is InChI=1S/C23H27NO5/c25-20-15-23(10-2-1-3-11-23)29-21-14-18(8-9-19(20)21)28-16-22(26)24-12-4-6-17-7-5-13-27-17/h5,7-9,13-14H,1-4,6,10-12,15-16H2,(H,24,26). The second kappa shape index (κ2) is 8.72. The zero-order valence-corrected chi connectivity index (χ0v) is 16.6. The molecule has 1 aromatic carbocycles. The predicted octanol–water partition coefficient (Wildman–Crippen LogP) is 4.08. The molecule has 6 nitrogen and oxygen atoms in total. The van der Waals surface area contributed by atoms with E-state index in [-0.39, 0.29) is 23.9 Å². The largest absolute Gasteiger partial charge is 0.486 e. The molecule has 2 aromatic rings. The summed E-state index contributed by atoms with van der Waals surface area (Å²) in [6.45, 7) is 0.492. The molecule has 6 heteroatoms. The van der Waals surface area contributed by atoms with Crippen LogP contribution in [0.15, 0.2) is 41.0 Å². The van der Waals surface area contributed by atoms with Crippen molar-refractivity contribution in [2.24, 2.45) is 0 Å². The van der Waals surface area contributed by atoms with Crippen molar-refractivity contribution in [2.75, 3.05) is 13.2 Å². The van der Waals surface area contributed by atoms with Crippen molar-refractivity contribution in [3.63, 3.8) is 0 Å². The molecule has 154 valence electrons. The molecule has 2 heterocycles. The van der Waals surface area contributed by atoms with Crippen LogP contribution in [-0.2, 0) is 11.2 Å². The minimum absolute atomic E-state index is 0.0708. The van der Waals surface area contributed by atoms with E-state index in [0.717, 1.165) is 44.3 Å². The molecule has 0 bridgehead atoms. The van der Waals surface area contributed by atoms with Crippen molar-refractivity contribution in [1.29, 1.82) is 0 Å². The number of Topliss-reactive ketones (excluding diaryl/α,β-unsaturated/α-hetero) is 1. The number of rotatable bonds is 7. The molecule has 1 amide bonds. The zero-order chi connectivity index (χ0) is 20.1. The highest BCUT2D eigenvalue weighted by molar-refractivity contribution is 6.00. The molecule has 0 unspecified atom stereocenters.